The summed E-state index contributed by atoms with van der Waals surface area (Å²) < 4.78 is 11.1. The third-order valence-corrected chi connectivity index (χ3v) is 9.23. The van der Waals surface area contributed by atoms with Crippen molar-refractivity contribution in [3.05, 3.63) is 12.2 Å². The highest BCUT2D eigenvalue weighted by molar-refractivity contribution is 5.80. The Kier molecular flexibility index (Phi) is 26.8. The van der Waals surface area contributed by atoms with Gasteiger partial charge in [0.1, 0.15) is 30.5 Å². The Morgan fingerprint density at radius 3 is 1.77 bits per heavy atom. The van der Waals surface area contributed by atoms with E-state index in [0.29, 0.717) is 19.3 Å². The molecule has 1 aliphatic heterocycles. The van der Waals surface area contributed by atoms with Crippen molar-refractivity contribution in [1.82, 2.24) is 5.32 Å². The predicted molar refractivity (Wildman–Crippen MR) is 186 cm³/mol. The fourth-order valence-corrected chi connectivity index (χ4v) is 5.98. The Labute approximate surface area is 285 Å². The summed E-state index contributed by atoms with van der Waals surface area (Å²) in [7, 11) is 0. The molecule has 7 N–H and O–H groups in total. The van der Waals surface area contributed by atoms with E-state index in [2.05, 4.69) is 31.3 Å². The second kappa shape index (κ2) is 28.7. The van der Waals surface area contributed by atoms with Gasteiger partial charge in [0.2, 0.25) is 5.91 Å². The molecule has 0 aromatic heterocycles. The Balaban J connectivity index is 2.52. The molecule has 10 heteroatoms. The number of amides is 1. The molecule has 0 spiro atoms. The summed E-state index contributed by atoms with van der Waals surface area (Å²) in [6.07, 6.45) is 18.4. The Morgan fingerprint density at radius 1 is 0.702 bits per heavy atom. The molecule has 0 radical (unpaired) electrons. The molecule has 0 aromatic carbocycles. The van der Waals surface area contributed by atoms with Gasteiger partial charge < -0.3 is 45.4 Å². The van der Waals surface area contributed by atoms with Crippen molar-refractivity contribution in [2.45, 2.75) is 204 Å². The lowest BCUT2D eigenvalue weighted by Crippen LogP contribution is -2.60. The molecule has 8 atom stereocenters. The SMILES string of the molecule is CCCCC/C=C\CCCCCCC(O)C(=O)NC(COC1OC(CO)C(O)C(O)C1O)C(O)CCCCCCCCCCCCC. The first-order valence-electron chi connectivity index (χ1n) is 19.0. The van der Waals surface area contributed by atoms with Crippen molar-refractivity contribution in [3.8, 4) is 0 Å². The van der Waals surface area contributed by atoms with Crippen LogP contribution in [0.25, 0.3) is 0 Å². The fourth-order valence-electron chi connectivity index (χ4n) is 5.98. The van der Waals surface area contributed by atoms with Crippen molar-refractivity contribution in [2.24, 2.45) is 0 Å². The summed E-state index contributed by atoms with van der Waals surface area (Å²) >= 11 is 0. The normalized spacial score (nSPS) is 23.6. The number of aliphatic hydroxyl groups is 6. The lowest BCUT2D eigenvalue weighted by molar-refractivity contribution is -0.302. The van der Waals surface area contributed by atoms with E-state index in [1.165, 1.54) is 64.2 Å². The number of unbranched alkanes of at least 4 members (excludes halogenated alkanes) is 17. The van der Waals surface area contributed by atoms with Crippen LogP contribution in [-0.4, -0.2) is 98.7 Å². The molecular formula is C37H71NO9. The van der Waals surface area contributed by atoms with Crippen LogP contribution in [0.2, 0.25) is 0 Å². The van der Waals surface area contributed by atoms with Gasteiger partial charge in [-0.1, -0.05) is 129 Å². The van der Waals surface area contributed by atoms with Crippen LogP contribution in [0.15, 0.2) is 12.2 Å². The number of aliphatic hydroxyl groups excluding tert-OH is 6. The van der Waals surface area contributed by atoms with Gasteiger partial charge in [-0.25, -0.2) is 0 Å². The maximum Gasteiger partial charge on any atom is 0.249 e. The highest BCUT2D eigenvalue weighted by Crippen LogP contribution is 2.23. The highest BCUT2D eigenvalue weighted by Gasteiger charge is 2.44. The Morgan fingerprint density at radius 2 is 1.19 bits per heavy atom. The summed E-state index contributed by atoms with van der Waals surface area (Å²) in [4.78, 5) is 12.9. The van der Waals surface area contributed by atoms with Crippen molar-refractivity contribution >= 4 is 5.91 Å². The lowest BCUT2D eigenvalue weighted by Gasteiger charge is -2.40. The van der Waals surface area contributed by atoms with Crippen molar-refractivity contribution in [2.75, 3.05) is 13.2 Å². The topological polar surface area (TPSA) is 169 Å². The first-order chi connectivity index (χ1) is 22.8. The molecule has 8 unspecified atom stereocenters. The van der Waals surface area contributed by atoms with E-state index in [1.54, 1.807) is 0 Å². The number of carbonyl (C=O) groups is 1. The quantitative estimate of drug-likeness (QED) is 0.0401. The van der Waals surface area contributed by atoms with Crippen LogP contribution in [0.4, 0.5) is 0 Å². The Hall–Kier alpha value is -1.11. The van der Waals surface area contributed by atoms with E-state index >= 15 is 0 Å². The van der Waals surface area contributed by atoms with Gasteiger partial charge in [0, 0.05) is 0 Å². The highest BCUT2D eigenvalue weighted by atomic mass is 16.7. The van der Waals surface area contributed by atoms with Crippen molar-refractivity contribution < 1.29 is 44.9 Å². The Bertz CT molecular complexity index is 768. The molecule has 1 saturated heterocycles. The molecule has 47 heavy (non-hydrogen) atoms. The fraction of sp³-hybridized carbons (Fsp3) is 0.919. The molecule has 278 valence electrons. The summed E-state index contributed by atoms with van der Waals surface area (Å²) in [5.41, 5.74) is 0. The predicted octanol–water partition coefficient (Wildman–Crippen LogP) is 5.19. The zero-order valence-electron chi connectivity index (χ0n) is 29.7. The van der Waals surface area contributed by atoms with E-state index in [4.69, 9.17) is 9.47 Å². The van der Waals surface area contributed by atoms with Crippen LogP contribution < -0.4 is 5.32 Å². The molecule has 0 aromatic rings. The van der Waals surface area contributed by atoms with Gasteiger partial charge in [-0.15, -0.1) is 0 Å². The molecule has 0 aliphatic carbocycles. The van der Waals surface area contributed by atoms with E-state index < -0.39 is 61.5 Å². The summed E-state index contributed by atoms with van der Waals surface area (Å²) in [5, 5.41) is 64.3. The molecule has 1 fully saturated rings. The first-order valence-corrected chi connectivity index (χ1v) is 19.0. The lowest BCUT2D eigenvalue weighted by atomic mass is 9.99. The maximum absolute atomic E-state index is 12.9. The van der Waals surface area contributed by atoms with Gasteiger partial charge in [0.05, 0.1) is 25.4 Å². The number of nitrogens with one attached hydrogen (secondary N) is 1. The minimum absolute atomic E-state index is 0.258. The maximum atomic E-state index is 12.9. The van der Waals surface area contributed by atoms with Crippen molar-refractivity contribution in [1.29, 1.82) is 0 Å². The van der Waals surface area contributed by atoms with Gasteiger partial charge in [-0.05, 0) is 38.5 Å². The van der Waals surface area contributed by atoms with Gasteiger partial charge in [0.15, 0.2) is 6.29 Å². The minimum atomic E-state index is -1.59. The number of ether oxygens (including phenoxy) is 2. The zero-order chi connectivity index (χ0) is 34.7. The smallest absolute Gasteiger partial charge is 0.249 e. The minimum Gasteiger partial charge on any atom is -0.394 e. The van der Waals surface area contributed by atoms with E-state index in [0.717, 1.165) is 57.8 Å². The third-order valence-electron chi connectivity index (χ3n) is 9.23. The largest absolute Gasteiger partial charge is 0.394 e. The van der Waals surface area contributed by atoms with Gasteiger partial charge in [-0.2, -0.15) is 0 Å². The molecule has 0 saturated carbocycles. The number of rotatable bonds is 30. The van der Waals surface area contributed by atoms with Crippen LogP contribution in [0.5, 0.6) is 0 Å². The summed E-state index contributed by atoms with van der Waals surface area (Å²) in [6.45, 7) is 3.58. The summed E-state index contributed by atoms with van der Waals surface area (Å²) in [5.74, 6) is -0.597. The van der Waals surface area contributed by atoms with Gasteiger partial charge >= 0.3 is 0 Å². The zero-order valence-corrected chi connectivity index (χ0v) is 29.7. The monoisotopic (exact) mass is 674 g/mol. The standard InChI is InChI=1S/C37H71NO9/c1-3-5-7-9-11-13-15-17-19-21-23-25-30(40)29(28-46-37-35(44)34(43)33(42)32(27-39)47-37)38-36(45)31(41)26-24-22-20-18-16-14-12-10-8-6-4-2/h12,14,29-35,37,39-44H,3-11,13,15-28H2,1-2H3,(H,38,45)/b14-12-. The third kappa shape index (κ3) is 20.2. The molecule has 1 aliphatic rings. The molecule has 0 bridgehead atoms. The van der Waals surface area contributed by atoms with Crippen LogP contribution in [-0.2, 0) is 14.3 Å². The second-order valence-corrected chi connectivity index (χ2v) is 13.5. The van der Waals surface area contributed by atoms with Gasteiger partial charge in [0.25, 0.3) is 0 Å². The number of carbonyl (C=O) groups excluding carboxylic acids is 1. The molecule has 1 heterocycles. The van der Waals surface area contributed by atoms with E-state index in [9.17, 15) is 35.4 Å². The molecule has 1 rings (SSSR count). The number of hydrogen-bond acceptors (Lipinski definition) is 9. The second-order valence-electron chi connectivity index (χ2n) is 13.5. The average molecular weight is 674 g/mol. The van der Waals surface area contributed by atoms with Gasteiger partial charge in [-0.3, -0.25) is 4.79 Å². The van der Waals surface area contributed by atoms with E-state index in [1.807, 2.05) is 0 Å². The molecule has 10 nitrogen and oxygen atoms in total. The van der Waals surface area contributed by atoms with E-state index in [-0.39, 0.29) is 6.61 Å². The number of allylic oxidation sites excluding steroid dienone is 2. The number of hydrogen-bond donors (Lipinski definition) is 7. The molecule has 1 amide bonds. The van der Waals surface area contributed by atoms with Crippen LogP contribution in [0.3, 0.4) is 0 Å². The first kappa shape index (κ1) is 43.9. The average Bonchev–Trinajstić information content (AvgIpc) is 3.07. The van der Waals surface area contributed by atoms with Crippen LogP contribution in [0.1, 0.15) is 155 Å². The van der Waals surface area contributed by atoms with Crippen molar-refractivity contribution in [3.63, 3.8) is 0 Å². The summed E-state index contributed by atoms with van der Waals surface area (Å²) in [6, 6.07) is -0.892. The molecular weight excluding hydrogens is 602 g/mol. The van der Waals surface area contributed by atoms with Crippen LogP contribution >= 0.6 is 0 Å². The van der Waals surface area contributed by atoms with Crippen LogP contribution in [0, 0.1) is 0 Å².